The van der Waals surface area contributed by atoms with Crippen molar-refractivity contribution in [3.05, 3.63) is 35.1 Å². The maximum atomic E-state index is 13.1. The van der Waals surface area contributed by atoms with Gasteiger partial charge in [-0.1, -0.05) is 0 Å². The zero-order chi connectivity index (χ0) is 12.8. The molecule has 92 valence electrons. The number of alkyl halides is 3. The van der Waals surface area contributed by atoms with Gasteiger partial charge in [-0.05, 0) is 43.5 Å². The van der Waals surface area contributed by atoms with E-state index < -0.39 is 23.0 Å². The molecule has 1 aliphatic carbocycles. The molecule has 1 aromatic carbocycles. The molecule has 0 aliphatic heterocycles. The van der Waals surface area contributed by atoms with Gasteiger partial charge in [-0.2, -0.15) is 13.2 Å². The van der Waals surface area contributed by atoms with E-state index >= 15 is 0 Å². The third-order valence-electron chi connectivity index (χ3n) is 3.23. The van der Waals surface area contributed by atoms with Crippen LogP contribution in [0, 0.1) is 5.82 Å². The molecule has 1 aromatic rings. The number of carbonyl (C=O) groups excluding carboxylic acids is 1. The standard InChI is InChI=1S/C12H10F4O/c1-7(17)11(4-5-11)10-6-8(13)2-3-9(10)12(14,15)16/h2-3,6H,4-5H2,1H3. The molecule has 1 nitrogen and oxygen atoms in total. The Balaban J connectivity index is 2.60. The van der Waals surface area contributed by atoms with Gasteiger partial charge in [-0.15, -0.1) is 0 Å². The van der Waals surface area contributed by atoms with E-state index in [1.807, 2.05) is 0 Å². The number of benzene rings is 1. The summed E-state index contributed by atoms with van der Waals surface area (Å²) in [5.74, 6) is -1.09. The normalized spacial score (nSPS) is 17.9. The lowest BCUT2D eigenvalue weighted by atomic mass is 9.88. The molecular formula is C12H10F4O. The number of halogens is 4. The quantitative estimate of drug-likeness (QED) is 0.730. The van der Waals surface area contributed by atoms with E-state index in [-0.39, 0.29) is 11.3 Å². The van der Waals surface area contributed by atoms with Crippen LogP contribution in [0.2, 0.25) is 0 Å². The Morgan fingerprint density at radius 1 is 1.29 bits per heavy atom. The molecule has 0 bridgehead atoms. The van der Waals surface area contributed by atoms with Gasteiger partial charge in [0.15, 0.2) is 0 Å². The molecule has 1 saturated carbocycles. The Bertz CT molecular complexity index is 472. The largest absolute Gasteiger partial charge is 0.416 e. The smallest absolute Gasteiger partial charge is 0.299 e. The molecule has 1 aliphatic rings. The first-order valence-electron chi connectivity index (χ1n) is 5.16. The fourth-order valence-electron chi connectivity index (χ4n) is 2.10. The predicted molar refractivity (Wildman–Crippen MR) is 53.0 cm³/mol. The van der Waals surface area contributed by atoms with E-state index in [1.54, 1.807) is 0 Å². The van der Waals surface area contributed by atoms with Gasteiger partial charge in [-0.25, -0.2) is 4.39 Å². The van der Waals surface area contributed by atoms with Crippen molar-refractivity contribution in [1.29, 1.82) is 0 Å². The minimum Gasteiger partial charge on any atom is -0.299 e. The maximum Gasteiger partial charge on any atom is 0.416 e. The average molecular weight is 246 g/mol. The Hall–Kier alpha value is -1.39. The van der Waals surface area contributed by atoms with Crippen molar-refractivity contribution in [3.8, 4) is 0 Å². The summed E-state index contributed by atoms with van der Waals surface area (Å²) in [6, 6.07) is 2.30. The van der Waals surface area contributed by atoms with Gasteiger partial charge in [-0.3, -0.25) is 4.79 Å². The summed E-state index contributed by atoms with van der Waals surface area (Å²) in [7, 11) is 0. The highest BCUT2D eigenvalue weighted by atomic mass is 19.4. The molecule has 0 aromatic heterocycles. The van der Waals surface area contributed by atoms with Gasteiger partial charge < -0.3 is 0 Å². The van der Waals surface area contributed by atoms with Crippen LogP contribution in [-0.2, 0) is 16.4 Å². The van der Waals surface area contributed by atoms with Crippen LogP contribution < -0.4 is 0 Å². The summed E-state index contributed by atoms with van der Waals surface area (Å²) >= 11 is 0. The molecule has 0 radical (unpaired) electrons. The molecule has 2 rings (SSSR count). The van der Waals surface area contributed by atoms with E-state index in [4.69, 9.17) is 0 Å². The first-order valence-corrected chi connectivity index (χ1v) is 5.16. The SMILES string of the molecule is CC(=O)C1(c2cc(F)ccc2C(F)(F)F)CC1. The predicted octanol–water partition coefficient (Wildman–Crippen LogP) is 3.47. The van der Waals surface area contributed by atoms with Crippen molar-refractivity contribution in [3.63, 3.8) is 0 Å². The van der Waals surface area contributed by atoms with Gasteiger partial charge >= 0.3 is 6.18 Å². The molecular weight excluding hydrogens is 236 g/mol. The molecule has 0 saturated heterocycles. The summed E-state index contributed by atoms with van der Waals surface area (Å²) in [5, 5.41) is 0. The van der Waals surface area contributed by atoms with Crippen LogP contribution in [0.4, 0.5) is 17.6 Å². The second-order valence-corrected chi connectivity index (χ2v) is 4.33. The lowest BCUT2D eigenvalue weighted by Crippen LogP contribution is -2.22. The van der Waals surface area contributed by atoms with Crippen molar-refractivity contribution in [2.75, 3.05) is 0 Å². The van der Waals surface area contributed by atoms with Crippen molar-refractivity contribution in [2.45, 2.75) is 31.4 Å². The minimum atomic E-state index is -4.56. The topological polar surface area (TPSA) is 17.1 Å². The van der Waals surface area contributed by atoms with Crippen LogP contribution in [0.15, 0.2) is 18.2 Å². The summed E-state index contributed by atoms with van der Waals surface area (Å²) in [6.45, 7) is 1.25. The molecule has 0 spiro atoms. The zero-order valence-electron chi connectivity index (χ0n) is 9.07. The van der Waals surface area contributed by atoms with Crippen LogP contribution in [-0.4, -0.2) is 5.78 Å². The fourth-order valence-corrected chi connectivity index (χ4v) is 2.10. The van der Waals surface area contributed by atoms with E-state index in [2.05, 4.69) is 0 Å². The van der Waals surface area contributed by atoms with Crippen LogP contribution in [0.25, 0.3) is 0 Å². The Morgan fingerprint density at radius 3 is 2.29 bits per heavy atom. The molecule has 17 heavy (non-hydrogen) atoms. The van der Waals surface area contributed by atoms with Gasteiger partial charge in [0, 0.05) is 0 Å². The highest BCUT2D eigenvalue weighted by Gasteiger charge is 2.52. The Morgan fingerprint density at radius 2 is 1.88 bits per heavy atom. The lowest BCUT2D eigenvalue weighted by molar-refractivity contribution is -0.138. The minimum absolute atomic E-state index is 0.225. The van der Waals surface area contributed by atoms with Gasteiger partial charge in [0.1, 0.15) is 11.6 Å². The van der Waals surface area contributed by atoms with Crippen LogP contribution in [0.1, 0.15) is 30.9 Å². The highest BCUT2D eigenvalue weighted by molar-refractivity contribution is 5.91. The van der Waals surface area contributed by atoms with Gasteiger partial charge in [0.05, 0.1) is 11.0 Å². The summed E-state index contributed by atoms with van der Waals surface area (Å²) in [5.41, 5.74) is -2.25. The average Bonchev–Trinajstić information content (AvgIpc) is 2.95. The van der Waals surface area contributed by atoms with Gasteiger partial charge in [0.25, 0.3) is 0 Å². The number of Topliss-reactive ketones (excluding diaryl/α,β-unsaturated/α-hetero) is 1. The first-order chi connectivity index (χ1) is 7.77. The second kappa shape index (κ2) is 3.55. The Kier molecular flexibility index (Phi) is 2.52. The molecule has 0 unspecified atom stereocenters. The second-order valence-electron chi connectivity index (χ2n) is 4.33. The molecule has 5 heteroatoms. The van der Waals surface area contributed by atoms with Crippen LogP contribution in [0.3, 0.4) is 0 Å². The zero-order valence-corrected chi connectivity index (χ0v) is 9.07. The van der Waals surface area contributed by atoms with Crippen LogP contribution >= 0.6 is 0 Å². The van der Waals surface area contributed by atoms with Gasteiger partial charge in [0.2, 0.25) is 0 Å². The van der Waals surface area contributed by atoms with E-state index in [9.17, 15) is 22.4 Å². The molecule has 0 heterocycles. The third kappa shape index (κ3) is 1.94. The molecule has 0 N–H and O–H groups in total. The summed E-state index contributed by atoms with van der Waals surface area (Å²) < 4.78 is 51.4. The molecule has 0 atom stereocenters. The first kappa shape index (κ1) is 12.1. The van der Waals surface area contributed by atoms with Crippen molar-refractivity contribution < 1.29 is 22.4 Å². The summed E-state index contributed by atoms with van der Waals surface area (Å²) in [4.78, 5) is 11.4. The van der Waals surface area contributed by atoms with E-state index in [1.165, 1.54) is 6.92 Å². The van der Waals surface area contributed by atoms with Crippen molar-refractivity contribution >= 4 is 5.78 Å². The maximum absolute atomic E-state index is 13.1. The number of hydrogen-bond acceptors (Lipinski definition) is 1. The lowest BCUT2D eigenvalue weighted by Gasteiger charge is -2.18. The van der Waals surface area contributed by atoms with Crippen molar-refractivity contribution in [1.82, 2.24) is 0 Å². The summed E-state index contributed by atoms with van der Waals surface area (Å²) in [6.07, 6.45) is -3.85. The molecule has 1 fully saturated rings. The Labute approximate surface area is 95.4 Å². The number of rotatable bonds is 2. The fraction of sp³-hybridized carbons (Fsp3) is 0.417. The van der Waals surface area contributed by atoms with Crippen LogP contribution in [0.5, 0.6) is 0 Å². The van der Waals surface area contributed by atoms with E-state index in [0.29, 0.717) is 18.9 Å². The third-order valence-corrected chi connectivity index (χ3v) is 3.23. The molecule has 0 amide bonds. The van der Waals surface area contributed by atoms with Crippen molar-refractivity contribution in [2.24, 2.45) is 0 Å². The number of ketones is 1. The highest BCUT2D eigenvalue weighted by Crippen LogP contribution is 2.52. The van der Waals surface area contributed by atoms with E-state index in [0.717, 1.165) is 12.1 Å². The number of hydrogen-bond donors (Lipinski definition) is 0. The monoisotopic (exact) mass is 246 g/mol. The number of carbonyl (C=O) groups is 1.